The molecule has 0 fully saturated rings. The molecule has 0 saturated heterocycles. The highest BCUT2D eigenvalue weighted by Gasteiger charge is 2.06. The summed E-state index contributed by atoms with van der Waals surface area (Å²) in [4.78, 5) is 10.8. The second-order valence-corrected chi connectivity index (χ2v) is 4.37. The van der Waals surface area contributed by atoms with Gasteiger partial charge in [-0.1, -0.05) is 6.07 Å². The van der Waals surface area contributed by atoms with Crippen LogP contribution >= 0.6 is 0 Å². The molecular weight excluding hydrogens is 226 g/mol. The smallest absolute Gasteiger partial charge is 0.128 e. The van der Waals surface area contributed by atoms with Crippen LogP contribution in [0.5, 0.6) is 0 Å². The van der Waals surface area contributed by atoms with Crippen LogP contribution in [0.25, 0.3) is 0 Å². The van der Waals surface area contributed by atoms with Gasteiger partial charge in [0.15, 0.2) is 0 Å². The molecule has 0 unspecified atom stereocenters. The summed E-state index contributed by atoms with van der Waals surface area (Å²) in [5.41, 5.74) is 6.69. The molecule has 2 aromatic rings. The van der Waals surface area contributed by atoms with Gasteiger partial charge in [-0.15, -0.1) is 0 Å². The van der Waals surface area contributed by atoms with Crippen molar-refractivity contribution in [2.24, 2.45) is 12.8 Å². The fourth-order valence-electron chi connectivity index (χ4n) is 1.80. The van der Waals surface area contributed by atoms with Gasteiger partial charge >= 0.3 is 0 Å². The normalized spacial score (nSPS) is 10.6. The number of anilines is 1. The van der Waals surface area contributed by atoms with Gasteiger partial charge in [-0.05, 0) is 24.6 Å². The number of aromatic nitrogens is 3. The van der Waals surface area contributed by atoms with Crippen molar-refractivity contribution in [3.63, 3.8) is 0 Å². The topological polar surface area (TPSA) is 60.0 Å². The van der Waals surface area contributed by atoms with E-state index in [1.807, 2.05) is 37.1 Å². The number of rotatable bonds is 5. The van der Waals surface area contributed by atoms with Crippen molar-refractivity contribution in [2.45, 2.75) is 13.0 Å². The Bertz CT molecular complexity index is 488. The highest BCUT2D eigenvalue weighted by Crippen LogP contribution is 2.12. The Balaban J connectivity index is 2.04. The summed E-state index contributed by atoms with van der Waals surface area (Å²) in [7, 11) is 4.01. The van der Waals surface area contributed by atoms with E-state index < -0.39 is 0 Å². The number of aryl methyl sites for hydroxylation is 1. The molecule has 0 bridgehead atoms. The number of nitrogens with zero attached hydrogens (tertiary/aromatic N) is 4. The zero-order chi connectivity index (χ0) is 13.0. The van der Waals surface area contributed by atoms with Crippen molar-refractivity contribution < 1.29 is 0 Å². The van der Waals surface area contributed by atoms with Crippen molar-refractivity contribution >= 4 is 5.82 Å². The number of nitrogens with two attached hydrogens (primary N) is 1. The Kier molecular flexibility index (Phi) is 3.94. The monoisotopic (exact) mass is 245 g/mol. The average Bonchev–Trinajstić information content (AvgIpc) is 2.76. The SMILES string of the molecule is CN(Cc1nccn1C)c1ccc(CCN)cn1. The maximum Gasteiger partial charge on any atom is 0.128 e. The van der Waals surface area contributed by atoms with E-state index in [0.29, 0.717) is 6.54 Å². The van der Waals surface area contributed by atoms with Gasteiger partial charge < -0.3 is 15.2 Å². The van der Waals surface area contributed by atoms with Gasteiger partial charge in [0.05, 0.1) is 6.54 Å². The molecule has 96 valence electrons. The van der Waals surface area contributed by atoms with Crippen LogP contribution < -0.4 is 10.6 Å². The first-order chi connectivity index (χ1) is 8.70. The summed E-state index contributed by atoms with van der Waals surface area (Å²) >= 11 is 0. The van der Waals surface area contributed by atoms with E-state index in [1.165, 1.54) is 5.56 Å². The molecule has 0 amide bonds. The van der Waals surface area contributed by atoms with Gasteiger partial charge in [0.25, 0.3) is 0 Å². The third kappa shape index (κ3) is 2.87. The molecule has 2 N–H and O–H groups in total. The molecule has 0 aromatic carbocycles. The zero-order valence-electron chi connectivity index (χ0n) is 10.9. The van der Waals surface area contributed by atoms with Crippen LogP contribution in [-0.2, 0) is 20.0 Å². The molecular formula is C13H19N5. The van der Waals surface area contributed by atoms with E-state index in [2.05, 4.69) is 20.9 Å². The zero-order valence-corrected chi connectivity index (χ0v) is 10.9. The van der Waals surface area contributed by atoms with Crippen molar-refractivity contribution in [1.29, 1.82) is 0 Å². The van der Waals surface area contributed by atoms with Crippen LogP contribution in [0.2, 0.25) is 0 Å². The van der Waals surface area contributed by atoms with Gasteiger partial charge in [-0.3, -0.25) is 0 Å². The van der Waals surface area contributed by atoms with E-state index in [-0.39, 0.29) is 0 Å². The van der Waals surface area contributed by atoms with Crippen molar-refractivity contribution in [2.75, 3.05) is 18.5 Å². The number of imidazole rings is 1. The molecule has 0 spiro atoms. The van der Waals surface area contributed by atoms with E-state index >= 15 is 0 Å². The van der Waals surface area contributed by atoms with E-state index in [0.717, 1.165) is 24.6 Å². The van der Waals surface area contributed by atoms with Crippen molar-refractivity contribution in [1.82, 2.24) is 14.5 Å². The highest BCUT2D eigenvalue weighted by atomic mass is 15.2. The number of hydrogen-bond acceptors (Lipinski definition) is 4. The maximum atomic E-state index is 5.52. The summed E-state index contributed by atoms with van der Waals surface area (Å²) in [6.07, 6.45) is 6.51. The summed E-state index contributed by atoms with van der Waals surface area (Å²) in [6.45, 7) is 1.40. The van der Waals surface area contributed by atoms with E-state index in [4.69, 9.17) is 5.73 Å². The third-order valence-electron chi connectivity index (χ3n) is 2.93. The second-order valence-electron chi connectivity index (χ2n) is 4.37. The minimum Gasteiger partial charge on any atom is -0.352 e. The van der Waals surface area contributed by atoms with Gasteiger partial charge in [0.2, 0.25) is 0 Å². The Labute approximate surface area is 107 Å². The quantitative estimate of drug-likeness (QED) is 0.852. The Morgan fingerprint density at radius 1 is 1.33 bits per heavy atom. The van der Waals surface area contributed by atoms with Gasteiger partial charge in [-0.2, -0.15) is 0 Å². The van der Waals surface area contributed by atoms with Crippen molar-refractivity contribution in [3.8, 4) is 0 Å². The summed E-state index contributed by atoms with van der Waals surface area (Å²) in [6, 6.07) is 4.10. The Hall–Kier alpha value is -1.88. The average molecular weight is 245 g/mol. The fraction of sp³-hybridized carbons (Fsp3) is 0.385. The first-order valence-corrected chi connectivity index (χ1v) is 6.03. The van der Waals surface area contributed by atoms with Crippen LogP contribution in [0.3, 0.4) is 0 Å². The summed E-state index contributed by atoms with van der Waals surface area (Å²) < 4.78 is 2.01. The van der Waals surface area contributed by atoms with Gasteiger partial charge in [0, 0.05) is 32.7 Å². The van der Waals surface area contributed by atoms with Gasteiger partial charge in [0.1, 0.15) is 11.6 Å². The largest absolute Gasteiger partial charge is 0.352 e. The Morgan fingerprint density at radius 2 is 2.17 bits per heavy atom. The minimum absolute atomic E-state index is 0.657. The molecule has 0 atom stereocenters. The van der Waals surface area contributed by atoms with E-state index in [1.54, 1.807) is 6.20 Å². The molecule has 0 aliphatic rings. The first kappa shape index (κ1) is 12.6. The van der Waals surface area contributed by atoms with E-state index in [9.17, 15) is 0 Å². The molecule has 5 heteroatoms. The van der Waals surface area contributed by atoms with Crippen molar-refractivity contribution in [3.05, 3.63) is 42.1 Å². The van der Waals surface area contributed by atoms with Crippen LogP contribution in [-0.4, -0.2) is 28.1 Å². The minimum atomic E-state index is 0.657. The predicted octanol–water partition coefficient (Wildman–Crippen LogP) is 0.953. The predicted molar refractivity (Wildman–Crippen MR) is 72.3 cm³/mol. The number of pyridine rings is 1. The van der Waals surface area contributed by atoms with Gasteiger partial charge in [-0.25, -0.2) is 9.97 Å². The second kappa shape index (κ2) is 5.64. The lowest BCUT2D eigenvalue weighted by Gasteiger charge is -2.17. The Morgan fingerprint density at radius 3 is 2.72 bits per heavy atom. The molecule has 0 saturated carbocycles. The molecule has 2 heterocycles. The molecule has 5 nitrogen and oxygen atoms in total. The lowest BCUT2D eigenvalue weighted by molar-refractivity contribution is 0.755. The lowest BCUT2D eigenvalue weighted by Crippen LogP contribution is -2.20. The molecule has 18 heavy (non-hydrogen) atoms. The standard InChI is InChI=1S/C13H19N5/c1-17-8-7-15-13(17)10-18(2)12-4-3-11(5-6-14)9-16-12/h3-4,7-9H,5-6,10,14H2,1-2H3. The molecule has 2 rings (SSSR count). The maximum absolute atomic E-state index is 5.52. The van der Waals surface area contributed by atoms with Crippen LogP contribution in [0, 0.1) is 0 Å². The first-order valence-electron chi connectivity index (χ1n) is 6.03. The summed E-state index contributed by atoms with van der Waals surface area (Å²) in [5.74, 6) is 1.96. The van der Waals surface area contributed by atoms with Crippen LogP contribution in [0.1, 0.15) is 11.4 Å². The lowest BCUT2D eigenvalue weighted by atomic mass is 10.2. The molecule has 0 aliphatic carbocycles. The molecule has 0 aliphatic heterocycles. The molecule has 2 aromatic heterocycles. The fourth-order valence-corrected chi connectivity index (χ4v) is 1.80. The van der Waals surface area contributed by atoms with Crippen LogP contribution in [0.4, 0.5) is 5.82 Å². The van der Waals surface area contributed by atoms with Crippen LogP contribution in [0.15, 0.2) is 30.7 Å². The highest BCUT2D eigenvalue weighted by molar-refractivity contribution is 5.38. The third-order valence-corrected chi connectivity index (χ3v) is 2.93. The number of hydrogen-bond donors (Lipinski definition) is 1. The molecule has 0 radical (unpaired) electrons. The summed E-state index contributed by atoms with van der Waals surface area (Å²) in [5, 5.41) is 0.